The van der Waals surface area contributed by atoms with E-state index in [0.717, 1.165) is 30.8 Å². The summed E-state index contributed by atoms with van der Waals surface area (Å²) in [6.45, 7) is 2.50. The highest BCUT2D eigenvalue weighted by Gasteiger charge is 2.15. The first-order chi connectivity index (χ1) is 9.66. The van der Waals surface area contributed by atoms with Gasteiger partial charge in [-0.2, -0.15) is 0 Å². The Labute approximate surface area is 120 Å². The third kappa shape index (κ3) is 4.29. The summed E-state index contributed by atoms with van der Waals surface area (Å²) >= 11 is 0.974. The van der Waals surface area contributed by atoms with Crippen molar-refractivity contribution in [2.24, 2.45) is 0 Å². The second-order valence-corrected chi connectivity index (χ2v) is 5.52. The number of thiophene rings is 1. The number of carbonyl (C=O) groups excluding carboxylic acids is 1. The molecule has 2 rings (SSSR count). The van der Waals surface area contributed by atoms with Gasteiger partial charge < -0.3 is 19.9 Å². The summed E-state index contributed by atoms with van der Waals surface area (Å²) < 4.78 is 10.8. The van der Waals surface area contributed by atoms with Crippen LogP contribution in [-0.2, 0) is 9.47 Å². The minimum Gasteiger partial charge on any atom is -0.477 e. The van der Waals surface area contributed by atoms with Crippen molar-refractivity contribution in [3.05, 3.63) is 21.9 Å². The van der Waals surface area contributed by atoms with Crippen LogP contribution in [-0.4, -0.2) is 49.5 Å². The molecule has 0 saturated carbocycles. The molecule has 0 radical (unpaired) electrons. The predicted molar refractivity (Wildman–Crippen MR) is 73.4 cm³/mol. The first-order valence-electron chi connectivity index (χ1n) is 6.47. The van der Waals surface area contributed by atoms with Gasteiger partial charge in [-0.15, -0.1) is 11.3 Å². The van der Waals surface area contributed by atoms with Gasteiger partial charge in [0.05, 0.1) is 17.6 Å². The first kappa shape index (κ1) is 15.0. The van der Waals surface area contributed by atoms with Crippen LogP contribution in [0.25, 0.3) is 0 Å². The zero-order chi connectivity index (χ0) is 14.4. The SMILES string of the molecule is O=C(O)c1ccc(C(=O)NCCCOC2CCOC2)s1. The number of aromatic carboxylic acids is 1. The van der Waals surface area contributed by atoms with Gasteiger partial charge in [-0.05, 0) is 25.0 Å². The lowest BCUT2D eigenvalue weighted by molar-refractivity contribution is 0.0415. The maximum absolute atomic E-state index is 11.7. The van der Waals surface area contributed by atoms with Gasteiger partial charge in [-0.25, -0.2) is 4.79 Å². The maximum atomic E-state index is 11.7. The molecule has 1 amide bonds. The average molecular weight is 299 g/mol. The molecule has 1 aliphatic heterocycles. The molecule has 2 N–H and O–H groups in total. The fraction of sp³-hybridized carbons (Fsp3) is 0.538. The second kappa shape index (κ2) is 7.37. The summed E-state index contributed by atoms with van der Waals surface area (Å²) in [7, 11) is 0. The fourth-order valence-electron chi connectivity index (χ4n) is 1.83. The molecule has 1 aliphatic rings. The van der Waals surface area contributed by atoms with Crippen LogP contribution in [0.15, 0.2) is 12.1 Å². The van der Waals surface area contributed by atoms with E-state index < -0.39 is 5.97 Å². The van der Waals surface area contributed by atoms with Crippen molar-refractivity contribution in [3.63, 3.8) is 0 Å². The number of carbonyl (C=O) groups is 2. The molecule has 0 aliphatic carbocycles. The molecule has 20 heavy (non-hydrogen) atoms. The van der Waals surface area contributed by atoms with Crippen molar-refractivity contribution >= 4 is 23.2 Å². The summed E-state index contributed by atoms with van der Waals surface area (Å²) in [5.74, 6) is -1.26. The molecule has 6 nitrogen and oxygen atoms in total. The number of amides is 1. The monoisotopic (exact) mass is 299 g/mol. The predicted octanol–water partition coefficient (Wildman–Crippen LogP) is 1.37. The van der Waals surface area contributed by atoms with Gasteiger partial charge in [0.15, 0.2) is 0 Å². The van der Waals surface area contributed by atoms with Crippen LogP contribution >= 0.6 is 11.3 Å². The molecule has 0 bridgehead atoms. The molecular weight excluding hydrogens is 282 g/mol. The molecule has 2 heterocycles. The van der Waals surface area contributed by atoms with E-state index in [2.05, 4.69) is 5.32 Å². The van der Waals surface area contributed by atoms with Crippen molar-refractivity contribution in [1.82, 2.24) is 5.32 Å². The topological polar surface area (TPSA) is 84.9 Å². The van der Waals surface area contributed by atoms with Crippen LogP contribution < -0.4 is 5.32 Å². The van der Waals surface area contributed by atoms with E-state index in [4.69, 9.17) is 14.6 Å². The lowest BCUT2D eigenvalue weighted by atomic mass is 10.3. The van der Waals surface area contributed by atoms with Crippen LogP contribution in [0.3, 0.4) is 0 Å². The van der Waals surface area contributed by atoms with Gasteiger partial charge in [0.25, 0.3) is 5.91 Å². The lowest BCUT2D eigenvalue weighted by Gasteiger charge is -2.09. The quantitative estimate of drug-likeness (QED) is 0.743. The first-order valence-corrected chi connectivity index (χ1v) is 7.29. The van der Waals surface area contributed by atoms with Crippen LogP contribution in [0.2, 0.25) is 0 Å². The van der Waals surface area contributed by atoms with Crippen LogP contribution in [0.4, 0.5) is 0 Å². The molecule has 1 aromatic heterocycles. The normalized spacial score (nSPS) is 18.1. The number of hydrogen-bond donors (Lipinski definition) is 2. The van der Waals surface area contributed by atoms with E-state index in [1.54, 1.807) is 0 Å². The van der Waals surface area contributed by atoms with E-state index in [-0.39, 0.29) is 16.9 Å². The van der Waals surface area contributed by atoms with E-state index in [0.29, 0.717) is 24.6 Å². The van der Waals surface area contributed by atoms with Gasteiger partial charge in [-0.1, -0.05) is 0 Å². The minimum absolute atomic E-state index is 0.166. The summed E-state index contributed by atoms with van der Waals surface area (Å²) in [6, 6.07) is 2.96. The van der Waals surface area contributed by atoms with Crippen molar-refractivity contribution in [1.29, 1.82) is 0 Å². The number of rotatable bonds is 7. The van der Waals surface area contributed by atoms with Crippen molar-refractivity contribution in [3.8, 4) is 0 Å². The molecule has 0 aromatic carbocycles. The standard InChI is InChI=1S/C13H17NO5S/c15-12(10-2-3-11(20-10)13(16)17)14-5-1-6-19-9-4-7-18-8-9/h2-3,9H,1,4-8H2,(H,14,15)(H,16,17). The Morgan fingerprint density at radius 2 is 2.25 bits per heavy atom. The molecule has 1 unspecified atom stereocenters. The van der Waals surface area contributed by atoms with Crippen LogP contribution in [0.5, 0.6) is 0 Å². The van der Waals surface area contributed by atoms with Crippen LogP contribution in [0, 0.1) is 0 Å². The summed E-state index contributed by atoms with van der Waals surface area (Å²) in [4.78, 5) is 23.0. The molecule has 1 fully saturated rings. The molecule has 7 heteroatoms. The maximum Gasteiger partial charge on any atom is 0.345 e. The Hall–Kier alpha value is -1.44. The highest BCUT2D eigenvalue weighted by molar-refractivity contribution is 7.15. The molecule has 1 saturated heterocycles. The number of carboxylic acids is 1. The molecule has 0 spiro atoms. The smallest absolute Gasteiger partial charge is 0.345 e. The highest BCUT2D eigenvalue weighted by Crippen LogP contribution is 2.16. The number of carboxylic acid groups (broad SMARTS) is 1. The van der Waals surface area contributed by atoms with Gasteiger partial charge in [0, 0.05) is 19.8 Å². The number of nitrogens with one attached hydrogen (secondary N) is 1. The third-order valence-electron chi connectivity index (χ3n) is 2.89. The van der Waals surface area contributed by atoms with E-state index >= 15 is 0 Å². The highest BCUT2D eigenvalue weighted by atomic mass is 32.1. The van der Waals surface area contributed by atoms with Crippen molar-refractivity contribution in [2.45, 2.75) is 18.9 Å². The van der Waals surface area contributed by atoms with Crippen molar-refractivity contribution < 1.29 is 24.2 Å². The Morgan fingerprint density at radius 1 is 1.45 bits per heavy atom. The molecule has 1 atom stereocenters. The fourth-order valence-corrected chi connectivity index (χ4v) is 2.59. The van der Waals surface area contributed by atoms with Gasteiger partial charge in [-0.3, -0.25) is 4.79 Å². The second-order valence-electron chi connectivity index (χ2n) is 4.43. The molecular formula is C13H17NO5S. The minimum atomic E-state index is -1.01. The molecule has 110 valence electrons. The summed E-state index contributed by atoms with van der Waals surface area (Å²) in [5.41, 5.74) is 0. The van der Waals surface area contributed by atoms with Gasteiger partial charge >= 0.3 is 5.97 Å². The third-order valence-corrected chi connectivity index (χ3v) is 3.96. The Kier molecular flexibility index (Phi) is 5.51. The van der Waals surface area contributed by atoms with Crippen molar-refractivity contribution in [2.75, 3.05) is 26.4 Å². The van der Waals surface area contributed by atoms with Gasteiger partial charge in [0.2, 0.25) is 0 Å². The Balaban J connectivity index is 1.62. The Bertz CT molecular complexity index is 467. The molecule has 1 aromatic rings. The number of ether oxygens (including phenoxy) is 2. The summed E-state index contributed by atoms with van der Waals surface area (Å²) in [6.07, 6.45) is 1.83. The van der Waals surface area contributed by atoms with E-state index in [1.165, 1.54) is 12.1 Å². The number of hydrogen-bond acceptors (Lipinski definition) is 5. The summed E-state index contributed by atoms with van der Waals surface area (Å²) in [5, 5.41) is 11.5. The van der Waals surface area contributed by atoms with E-state index in [9.17, 15) is 9.59 Å². The van der Waals surface area contributed by atoms with Crippen LogP contribution in [0.1, 0.15) is 32.2 Å². The Morgan fingerprint density at radius 3 is 2.90 bits per heavy atom. The zero-order valence-corrected chi connectivity index (χ0v) is 11.8. The average Bonchev–Trinajstić information content (AvgIpc) is 3.09. The van der Waals surface area contributed by atoms with Gasteiger partial charge in [0.1, 0.15) is 4.88 Å². The van der Waals surface area contributed by atoms with E-state index in [1.807, 2.05) is 0 Å². The zero-order valence-electron chi connectivity index (χ0n) is 11.0. The lowest BCUT2D eigenvalue weighted by Crippen LogP contribution is -2.25. The largest absolute Gasteiger partial charge is 0.477 e.